The van der Waals surface area contributed by atoms with Gasteiger partial charge in [0.25, 0.3) is 0 Å². The van der Waals surface area contributed by atoms with Crippen molar-refractivity contribution in [2.75, 3.05) is 62.7 Å². The molecule has 5 N–H and O–H groups in total. The van der Waals surface area contributed by atoms with E-state index in [0.29, 0.717) is 59.8 Å². The van der Waals surface area contributed by atoms with E-state index >= 15 is 4.39 Å². The number of likely N-dealkylation sites (tertiary alicyclic amines) is 1. The van der Waals surface area contributed by atoms with Crippen molar-refractivity contribution in [2.24, 2.45) is 0 Å². The van der Waals surface area contributed by atoms with Gasteiger partial charge in [-0.05, 0) is 37.1 Å². The lowest BCUT2D eigenvalue weighted by molar-refractivity contribution is -0.00658. The van der Waals surface area contributed by atoms with E-state index in [2.05, 4.69) is 30.8 Å². The number of nitrogens with one attached hydrogen (secondary N) is 3. The lowest BCUT2D eigenvalue weighted by atomic mass is 9.97. The second-order valence-electron chi connectivity index (χ2n) is 8.71. The highest BCUT2D eigenvalue weighted by Crippen LogP contribution is 2.39. The number of benzene rings is 1. The number of aromatic nitrogens is 2. The van der Waals surface area contributed by atoms with E-state index in [-0.39, 0.29) is 11.8 Å². The van der Waals surface area contributed by atoms with Crippen molar-refractivity contribution in [3.8, 4) is 17.0 Å². The molecule has 5 rings (SSSR count). The van der Waals surface area contributed by atoms with Crippen LogP contribution in [0.4, 0.5) is 26.4 Å². The SMILES string of the molecule is CNCCN1CC(OC(=O)Nc2cc3cc(-c4cnc5c(c4C)NCCO5)c(F)c(N)c3cn2)C1. The van der Waals surface area contributed by atoms with Crippen LogP contribution in [0.15, 0.2) is 24.5 Å². The fraction of sp³-hybridized carbons (Fsp3) is 0.375. The second kappa shape index (κ2) is 9.51. The first kappa shape index (κ1) is 23.1. The summed E-state index contributed by atoms with van der Waals surface area (Å²) < 4.78 is 26.3. The van der Waals surface area contributed by atoms with Crippen molar-refractivity contribution < 1.29 is 18.7 Å². The first-order valence-electron chi connectivity index (χ1n) is 11.5. The van der Waals surface area contributed by atoms with Crippen LogP contribution in [-0.2, 0) is 4.74 Å². The fourth-order valence-corrected chi connectivity index (χ4v) is 4.39. The number of pyridine rings is 2. The summed E-state index contributed by atoms with van der Waals surface area (Å²) in [5.74, 6) is 0.243. The van der Waals surface area contributed by atoms with E-state index in [4.69, 9.17) is 15.2 Å². The van der Waals surface area contributed by atoms with Crippen LogP contribution in [0.3, 0.4) is 0 Å². The number of likely N-dealkylation sites (N-methyl/N-ethyl adjacent to an activating group) is 1. The number of hydrogen-bond donors (Lipinski definition) is 4. The molecule has 10 nitrogen and oxygen atoms in total. The van der Waals surface area contributed by atoms with Gasteiger partial charge in [0, 0.05) is 61.6 Å². The number of halogens is 1. The number of anilines is 3. The van der Waals surface area contributed by atoms with Crippen LogP contribution in [0.1, 0.15) is 5.56 Å². The van der Waals surface area contributed by atoms with Crippen LogP contribution >= 0.6 is 0 Å². The molecule has 3 aromatic rings. The predicted octanol–water partition coefficient (Wildman–Crippen LogP) is 2.58. The zero-order chi connectivity index (χ0) is 24.5. The van der Waals surface area contributed by atoms with Crippen molar-refractivity contribution in [2.45, 2.75) is 13.0 Å². The Morgan fingerprint density at radius 2 is 2.14 bits per heavy atom. The van der Waals surface area contributed by atoms with Crippen LogP contribution in [0.25, 0.3) is 21.9 Å². The molecule has 0 aliphatic carbocycles. The normalized spacial score (nSPS) is 15.6. The average molecular weight is 482 g/mol. The number of amides is 1. The number of nitrogens with zero attached hydrogens (tertiary/aromatic N) is 3. The lowest BCUT2D eigenvalue weighted by Crippen LogP contribution is -2.54. The Morgan fingerprint density at radius 3 is 2.94 bits per heavy atom. The number of carbonyl (C=O) groups is 1. The Hall–Kier alpha value is -3.70. The minimum absolute atomic E-state index is 0.0171. The molecule has 1 amide bonds. The number of carbonyl (C=O) groups excluding carboxylic acids is 1. The number of ether oxygens (including phenoxy) is 2. The minimum atomic E-state index is -0.578. The number of fused-ring (bicyclic) bond motifs is 2. The maximum atomic E-state index is 15.3. The average Bonchev–Trinajstić information content (AvgIpc) is 2.83. The maximum absolute atomic E-state index is 15.3. The summed E-state index contributed by atoms with van der Waals surface area (Å²) in [5, 5.41) is 10.1. The van der Waals surface area contributed by atoms with Crippen LogP contribution < -0.4 is 26.4 Å². The molecule has 0 bridgehead atoms. The standard InChI is InChI=1S/C24H28FN7O3/c1-13-17(9-30-23-22(13)28-4-6-34-23)16-7-14-8-19(29-10-18(14)21(26)20(16)25)31-24(33)35-15-11-32(12-15)5-3-27-2/h7-10,15,27-28H,3-6,11-12,26H2,1-2H3,(H,29,31,33). The summed E-state index contributed by atoms with van der Waals surface area (Å²) in [6, 6.07) is 3.34. The van der Waals surface area contributed by atoms with Gasteiger partial charge in [0.2, 0.25) is 5.88 Å². The molecule has 0 saturated carbocycles. The molecule has 2 aromatic heterocycles. The monoisotopic (exact) mass is 481 g/mol. The fourth-order valence-electron chi connectivity index (χ4n) is 4.39. The Balaban J connectivity index is 1.37. The molecule has 0 atom stereocenters. The molecule has 1 saturated heterocycles. The van der Waals surface area contributed by atoms with Gasteiger partial charge in [-0.15, -0.1) is 0 Å². The first-order valence-corrected chi connectivity index (χ1v) is 11.5. The van der Waals surface area contributed by atoms with Crippen molar-refractivity contribution in [1.29, 1.82) is 0 Å². The minimum Gasteiger partial charge on any atom is -0.474 e. The van der Waals surface area contributed by atoms with Gasteiger partial charge in [-0.3, -0.25) is 10.2 Å². The van der Waals surface area contributed by atoms with Gasteiger partial charge in [0.05, 0.1) is 5.69 Å². The summed E-state index contributed by atoms with van der Waals surface area (Å²) in [6.45, 7) is 6.25. The quantitative estimate of drug-likeness (QED) is 0.393. The van der Waals surface area contributed by atoms with Crippen molar-refractivity contribution in [1.82, 2.24) is 20.2 Å². The Bertz CT molecular complexity index is 1280. The van der Waals surface area contributed by atoms with E-state index in [0.717, 1.165) is 24.3 Å². The van der Waals surface area contributed by atoms with E-state index in [1.165, 1.54) is 6.20 Å². The lowest BCUT2D eigenvalue weighted by Gasteiger charge is -2.38. The summed E-state index contributed by atoms with van der Waals surface area (Å²) in [7, 11) is 1.90. The molecule has 1 aromatic carbocycles. The third kappa shape index (κ3) is 4.52. The summed E-state index contributed by atoms with van der Waals surface area (Å²) in [5.41, 5.74) is 8.59. The highest BCUT2D eigenvalue weighted by Gasteiger charge is 2.29. The molecule has 4 heterocycles. The molecule has 35 heavy (non-hydrogen) atoms. The van der Waals surface area contributed by atoms with Gasteiger partial charge >= 0.3 is 6.09 Å². The predicted molar refractivity (Wildman–Crippen MR) is 132 cm³/mol. The van der Waals surface area contributed by atoms with Crippen molar-refractivity contribution in [3.05, 3.63) is 35.9 Å². The second-order valence-corrected chi connectivity index (χ2v) is 8.71. The molecular formula is C24H28FN7O3. The van der Waals surface area contributed by atoms with Gasteiger partial charge < -0.3 is 25.8 Å². The third-order valence-electron chi connectivity index (χ3n) is 6.34. The van der Waals surface area contributed by atoms with Crippen LogP contribution in [0, 0.1) is 12.7 Å². The highest BCUT2D eigenvalue weighted by atomic mass is 19.1. The Labute approximate surface area is 202 Å². The zero-order valence-corrected chi connectivity index (χ0v) is 19.7. The Morgan fingerprint density at radius 1 is 1.31 bits per heavy atom. The summed E-state index contributed by atoms with van der Waals surface area (Å²) in [4.78, 5) is 23.1. The van der Waals surface area contributed by atoms with Crippen LogP contribution in [0.2, 0.25) is 0 Å². The van der Waals surface area contributed by atoms with Crippen molar-refractivity contribution >= 4 is 34.1 Å². The van der Waals surface area contributed by atoms with Crippen molar-refractivity contribution in [3.63, 3.8) is 0 Å². The molecule has 2 aliphatic rings. The molecule has 0 radical (unpaired) electrons. The van der Waals surface area contributed by atoms with Gasteiger partial charge in [-0.1, -0.05) is 0 Å². The van der Waals surface area contributed by atoms with Gasteiger partial charge in [0.1, 0.15) is 24.2 Å². The number of nitrogens with two attached hydrogens (primary N) is 1. The van der Waals surface area contributed by atoms with Gasteiger partial charge in [-0.25, -0.2) is 19.2 Å². The van der Waals surface area contributed by atoms with E-state index < -0.39 is 11.9 Å². The van der Waals surface area contributed by atoms with E-state index in [1.807, 2.05) is 14.0 Å². The van der Waals surface area contributed by atoms with E-state index in [9.17, 15) is 4.79 Å². The van der Waals surface area contributed by atoms with Crippen LogP contribution in [0.5, 0.6) is 5.88 Å². The van der Waals surface area contributed by atoms with Gasteiger partial charge in [-0.2, -0.15) is 0 Å². The summed E-state index contributed by atoms with van der Waals surface area (Å²) in [6.07, 6.45) is 2.30. The number of rotatable bonds is 6. The molecule has 11 heteroatoms. The summed E-state index contributed by atoms with van der Waals surface area (Å²) >= 11 is 0. The van der Waals surface area contributed by atoms with Crippen LogP contribution in [-0.4, -0.2) is 73.4 Å². The molecule has 184 valence electrons. The molecule has 0 spiro atoms. The number of nitrogen functional groups attached to an aromatic ring is 1. The smallest absolute Gasteiger partial charge is 0.413 e. The first-order chi connectivity index (χ1) is 16.9. The zero-order valence-electron chi connectivity index (χ0n) is 19.7. The molecule has 1 fully saturated rings. The topological polar surface area (TPSA) is 127 Å². The molecule has 0 unspecified atom stereocenters. The van der Waals surface area contributed by atoms with E-state index in [1.54, 1.807) is 18.3 Å². The Kier molecular flexibility index (Phi) is 6.27. The largest absolute Gasteiger partial charge is 0.474 e. The maximum Gasteiger partial charge on any atom is 0.413 e. The third-order valence-corrected chi connectivity index (χ3v) is 6.34. The highest BCUT2D eigenvalue weighted by molar-refractivity contribution is 5.99. The molecular weight excluding hydrogens is 453 g/mol. The molecule has 2 aliphatic heterocycles. The van der Waals surface area contributed by atoms with Gasteiger partial charge in [0.15, 0.2) is 5.82 Å². The number of hydrogen-bond acceptors (Lipinski definition) is 9.